The Morgan fingerprint density at radius 3 is 1.68 bits per heavy atom. The summed E-state index contributed by atoms with van der Waals surface area (Å²) in [5.41, 5.74) is 0. The van der Waals surface area contributed by atoms with Gasteiger partial charge in [-0.3, -0.25) is 0 Å². The number of esters is 2. The highest BCUT2D eigenvalue weighted by molar-refractivity contribution is 7.80. The maximum absolute atomic E-state index is 12.2. The van der Waals surface area contributed by atoms with Crippen molar-refractivity contribution in [3.8, 4) is 0 Å². The zero-order chi connectivity index (χ0) is 29.7. The van der Waals surface area contributed by atoms with Crippen LogP contribution < -0.4 is 10.6 Å². The van der Waals surface area contributed by atoms with E-state index in [1.165, 1.54) is 12.8 Å². The summed E-state index contributed by atoms with van der Waals surface area (Å²) in [6.07, 6.45) is 8.28. The molecule has 40 heavy (non-hydrogen) atoms. The Balaban J connectivity index is 4.27. The molecule has 0 aromatic rings. The molecule has 0 heterocycles. The number of thiol groups is 1. The van der Waals surface area contributed by atoms with Crippen LogP contribution in [-0.4, -0.2) is 95.3 Å². The van der Waals surface area contributed by atoms with E-state index in [1.54, 1.807) is 0 Å². The summed E-state index contributed by atoms with van der Waals surface area (Å²) in [5.74, 6) is -0.151. The molecule has 13 heteroatoms. The highest BCUT2D eigenvalue weighted by Gasteiger charge is 2.17. The minimum absolute atomic E-state index is 0.0866. The Kier molecular flexibility index (Phi) is 25.9. The normalized spacial score (nSPS) is 11.1. The number of amides is 2. The zero-order valence-electron chi connectivity index (χ0n) is 23.4. The lowest BCUT2D eigenvalue weighted by molar-refractivity contribution is -0.140. The van der Waals surface area contributed by atoms with Crippen molar-refractivity contribution in [1.82, 2.24) is 10.6 Å². The summed E-state index contributed by atoms with van der Waals surface area (Å²) in [7, 11) is 0. The minimum Gasteiger partial charge on any atom is -0.460 e. The summed E-state index contributed by atoms with van der Waals surface area (Å²) in [5, 5.41) is 5.13. The summed E-state index contributed by atoms with van der Waals surface area (Å²) in [6, 6.07) is 0. The number of carbonyl (C=O) groups excluding carboxylic acids is 4. The largest absolute Gasteiger partial charge is 0.460 e. The van der Waals surface area contributed by atoms with Crippen molar-refractivity contribution in [1.29, 1.82) is 0 Å². The predicted molar refractivity (Wildman–Crippen MR) is 152 cm³/mol. The van der Waals surface area contributed by atoms with Gasteiger partial charge in [0, 0.05) is 25.2 Å². The Morgan fingerprint density at radius 1 is 0.650 bits per heavy atom. The third-order valence-electron chi connectivity index (χ3n) is 5.17. The number of alkyl carbamates (subject to hydrolysis) is 2. The van der Waals surface area contributed by atoms with E-state index < -0.39 is 30.2 Å². The summed E-state index contributed by atoms with van der Waals surface area (Å²) >= 11 is 4.22. The van der Waals surface area contributed by atoms with Crippen molar-refractivity contribution in [3.63, 3.8) is 0 Å². The van der Waals surface area contributed by atoms with Gasteiger partial charge in [0.2, 0.25) is 0 Å². The van der Waals surface area contributed by atoms with E-state index in [-0.39, 0.29) is 59.3 Å². The lowest BCUT2D eigenvalue weighted by atomic mass is 10.1. The van der Waals surface area contributed by atoms with Crippen LogP contribution in [0.5, 0.6) is 0 Å². The van der Waals surface area contributed by atoms with Crippen LogP contribution in [0.4, 0.5) is 9.59 Å². The van der Waals surface area contributed by atoms with E-state index in [0.29, 0.717) is 6.42 Å². The van der Waals surface area contributed by atoms with Crippen LogP contribution in [0.3, 0.4) is 0 Å². The van der Waals surface area contributed by atoms with Crippen molar-refractivity contribution in [2.75, 3.05) is 65.1 Å². The van der Waals surface area contributed by atoms with Gasteiger partial charge in [-0.2, -0.15) is 12.6 Å². The van der Waals surface area contributed by atoms with E-state index in [4.69, 9.17) is 28.4 Å². The molecule has 0 bridgehead atoms. The highest BCUT2D eigenvalue weighted by Crippen LogP contribution is 2.12. The average molecular weight is 591 g/mol. The number of hydrogen-bond acceptors (Lipinski definition) is 11. The zero-order valence-corrected chi connectivity index (χ0v) is 24.3. The van der Waals surface area contributed by atoms with E-state index in [2.05, 4.69) is 36.4 Å². The lowest BCUT2D eigenvalue weighted by Crippen LogP contribution is -2.35. The first-order valence-corrected chi connectivity index (χ1v) is 14.3. The van der Waals surface area contributed by atoms with Crippen LogP contribution >= 0.6 is 12.6 Å². The second-order valence-corrected chi connectivity index (χ2v) is 8.88. The Labute approximate surface area is 242 Å². The van der Waals surface area contributed by atoms with Crippen LogP contribution in [0.15, 0.2) is 25.3 Å². The van der Waals surface area contributed by atoms with Gasteiger partial charge in [0.25, 0.3) is 0 Å². The summed E-state index contributed by atoms with van der Waals surface area (Å²) in [6.45, 7) is 7.84. The SMILES string of the molecule is C=CC(=O)OCCOCCNC(=O)OCC(CCCCCCCCCS)OC(=O)NCCOCCOC(=O)C=C. The van der Waals surface area contributed by atoms with Crippen LogP contribution in [0.25, 0.3) is 0 Å². The third kappa shape index (κ3) is 25.5. The number of carbonyl (C=O) groups is 4. The Bertz CT molecular complexity index is 723. The first-order chi connectivity index (χ1) is 19.4. The smallest absolute Gasteiger partial charge is 0.407 e. The number of ether oxygens (including phenoxy) is 6. The number of nitrogens with one attached hydrogen (secondary N) is 2. The molecule has 0 aromatic heterocycles. The number of hydrogen-bond donors (Lipinski definition) is 3. The molecule has 0 aromatic carbocycles. The van der Waals surface area contributed by atoms with Crippen molar-refractivity contribution >= 4 is 36.8 Å². The van der Waals surface area contributed by atoms with Gasteiger partial charge in [0.15, 0.2) is 0 Å². The molecule has 0 aliphatic rings. The molecule has 0 radical (unpaired) electrons. The quantitative estimate of drug-likeness (QED) is 0.0450. The van der Waals surface area contributed by atoms with Crippen molar-refractivity contribution in [2.24, 2.45) is 0 Å². The maximum Gasteiger partial charge on any atom is 0.407 e. The first-order valence-electron chi connectivity index (χ1n) is 13.6. The molecular formula is C27H46N2O10S. The average Bonchev–Trinajstić information content (AvgIpc) is 2.95. The molecule has 2 amide bonds. The van der Waals surface area contributed by atoms with E-state index >= 15 is 0 Å². The molecule has 0 fully saturated rings. The second kappa shape index (κ2) is 27.8. The lowest BCUT2D eigenvalue weighted by Gasteiger charge is -2.18. The fraction of sp³-hybridized carbons (Fsp3) is 0.704. The molecule has 0 spiro atoms. The van der Waals surface area contributed by atoms with Crippen LogP contribution in [0, 0.1) is 0 Å². The molecule has 1 unspecified atom stereocenters. The van der Waals surface area contributed by atoms with E-state index in [9.17, 15) is 19.2 Å². The fourth-order valence-electron chi connectivity index (χ4n) is 3.13. The van der Waals surface area contributed by atoms with Gasteiger partial charge in [-0.15, -0.1) is 0 Å². The summed E-state index contributed by atoms with van der Waals surface area (Å²) in [4.78, 5) is 46.1. The van der Waals surface area contributed by atoms with E-state index in [1.807, 2.05) is 0 Å². The van der Waals surface area contributed by atoms with Gasteiger partial charge in [-0.1, -0.05) is 45.3 Å². The third-order valence-corrected chi connectivity index (χ3v) is 5.48. The van der Waals surface area contributed by atoms with Crippen molar-refractivity contribution < 1.29 is 47.6 Å². The van der Waals surface area contributed by atoms with Gasteiger partial charge in [0.1, 0.15) is 25.9 Å². The van der Waals surface area contributed by atoms with Crippen LogP contribution in [-0.2, 0) is 38.0 Å². The molecule has 12 nitrogen and oxygen atoms in total. The van der Waals surface area contributed by atoms with Gasteiger partial charge in [-0.25, -0.2) is 19.2 Å². The monoisotopic (exact) mass is 590 g/mol. The van der Waals surface area contributed by atoms with Gasteiger partial charge < -0.3 is 39.1 Å². The maximum atomic E-state index is 12.2. The molecule has 0 aliphatic heterocycles. The Morgan fingerprint density at radius 2 is 1.15 bits per heavy atom. The first kappa shape index (κ1) is 37.2. The Hall–Kier alpha value is -2.77. The molecule has 1 atom stereocenters. The van der Waals surface area contributed by atoms with Crippen molar-refractivity contribution in [3.05, 3.63) is 25.3 Å². The van der Waals surface area contributed by atoms with E-state index in [0.717, 1.165) is 50.0 Å². The van der Waals surface area contributed by atoms with Gasteiger partial charge in [0.05, 0.1) is 26.4 Å². The topological polar surface area (TPSA) is 148 Å². The molecule has 0 rings (SSSR count). The van der Waals surface area contributed by atoms with Gasteiger partial charge in [-0.05, 0) is 25.0 Å². The van der Waals surface area contributed by atoms with Crippen LogP contribution in [0.1, 0.15) is 51.4 Å². The number of rotatable bonds is 26. The molecule has 0 aliphatic carbocycles. The standard InChI is InChI=1S/C27H46N2O10S/c1-3-24(30)36-19-17-34-15-13-28-26(32)38-22-23(12-10-8-6-5-7-9-11-21-40)39-27(33)29-14-16-35-18-20-37-25(31)4-2/h3-4,23,40H,1-2,5-22H2,(H,28,32)(H,29,33). The highest BCUT2D eigenvalue weighted by atomic mass is 32.1. The second-order valence-electron chi connectivity index (χ2n) is 8.43. The molecule has 0 saturated heterocycles. The fourth-order valence-corrected chi connectivity index (χ4v) is 3.36. The predicted octanol–water partition coefficient (Wildman–Crippen LogP) is 3.35. The number of unbranched alkanes of at least 4 members (excludes halogenated alkanes) is 6. The molecule has 230 valence electrons. The van der Waals surface area contributed by atoms with Gasteiger partial charge >= 0.3 is 24.1 Å². The summed E-state index contributed by atoms with van der Waals surface area (Å²) < 4.78 is 30.8. The molecule has 0 saturated carbocycles. The molecule has 2 N–H and O–H groups in total. The minimum atomic E-state index is -0.662. The van der Waals surface area contributed by atoms with Crippen LogP contribution in [0.2, 0.25) is 0 Å². The molecular weight excluding hydrogens is 544 g/mol. The van der Waals surface area contributed by atoms with Crippen molar-refractivity contribution in [2.45, 2.75) is 57.5 Å².